The van der Waals surface area contributed by atoms with Crippen LogP contribution in [0, 0.1) is 0 Å². The van der Waals surface area contributed by atoms with Gasteiger partial charge in [-0.3, -0.25) is 4.99 Å². The number of benzene rings is 2. The number of rotatable bonds is 7. The lowest BCUT2D eigenvalue weighted by Crippen LogP contribution is -2.39. The Balaban J connectivity index is 1.45. The van der Waals surface area contributed by atoms with Crippen molar-refractivity contribution in [2.75, 3.05) is 27.3 Å². The van der Waals surface area contributed by atoms with Crippen LogP contribution in [-0.4, -0.2) is 42.8 Å². The minimum Gasteiger partial charge on any atom is -0.497 e. The summed E-state index contributed by atoms with van der Waals surface area (Å²) in [5, 5.41) is 6.52. The van der Waals surface area contributed by atoms with Gasteiger partial charge in [-0.05, 0) is 36.4 Å². The average molecular weight is 367 g/mol. The van der Waals surface area contributed by atoms with E-state index >= 15 is 0 Å². The summed E-state index contributed by atoms with van der Waals surface area (Å²) in [6, 6.07) is 15.6. The number of nitrogens with one attached hydrogen (secondary N) is 2. The molecule has 7 nitrogen and oxygen atoms in total. The van der Waals surface area contributed by atoms with Crippen molar-refractivity contribution in [2.24, 2.45) is 12.0 Å². The van der Waals surface area contributed by atoms with Crippen LogP contribution in [0.3, 0.4) is 0 Å². The number of aryl methyl sites for hydroxylation is 1. The molecule has 0 aliphatic rings. The molecule has 0 amide bonds. The predicted molar refractivity (Wildman–Crippen MR) is 107 cm³/mol. The van der Waals surface area contributed by atoms with E-state index in [1.165, 1.54) is 0 Å². The Bertz CT molecular complexity index is 902. The maximum absolute atomic E-state index is 5.70. The first kappa shape index (κ1) is 18.6. The van der Waals surface area contributed by atoms with E-state index in [4.69, 9.17) is 9.47 Å². The van der Waals surface area contributed by atoms with Gasteiger partial charge in [-0.25, -0.2) is 4.98 Å². The Morgan fingerprint density at radius 3 is 2.52 bits per heavy atom. The molecule has 0 fully saturated rings. The largest absolute Gasteiger partial charge is 0.497 e. The van der Waals surface area contributed by atoms with E-state index in [2.05, 4.69) is 31.2 Å². The van der Waals surface area contributed by atoms with Gasteiger partial charge < -0.3 is 24.7 Å². The molecule has 7 heteroatoms. The Morgan fingerprint density at radius 2 is 1.81 bits per heavy atom. The van der Waals surface area contributed by atoms with Crippen LogP contribution in [0.4, 0.5) is 0 Å². The number of ether oxygens (including phenoxy) is 2. The number of aliphatic imine (C=N–C) groups is 1. The lowest BCUT2D eigenvalue weighted by Gasteiger charge is -2.12. The summed E-state index contributed by atoms with van der Waals surface area (Å²) in [6.45, 7) is 1.75. The zero-order valence-corrected chi connectivity index (χ0v) is 15.9. The molecule has 0 bridgehead atoms. The molecule has 142 valence electrons. The molecular weight excluding hydrogens is 342 g/mol. The number of para-hydroxylation sites is 2. The summed E-state index contributed by atoms with van der Waals surface area (Å²) in [5.41, 5.74) is 2.11. The zero-order chi connectivity index (χ0) is 19.1. The summed E-state index contributed by atoms with van der Waals surface area (Å²) in [4.78, 5) is 8.89. The minimum atomic E-state index is 0.527. The molecule has 0 radical (unpaired) electrons. The van der Waals surface area contributed by atoms with Crippen LogP contribution in [0.25, 0.3) is 11.0 Å². The Morgan fingerprint density at radius 1 is 1.07 bits per heavy atom. The van der Waals surface area contributed by atoms with Gasteiger partial charge in [-0.15, -0.1) is 0 Å². The van der Waals surface area contributed by atoms with Gasteiger partial charge in [0.15, 0.2) is 5.96 Å². The van der Waals surface area contributed by atoms with E-state index in [9.17, 15) is 0 Å². The third-order valence-corrected chi connectivity index (χ3v) is 4.24. The maximum atomic E-state index is 5.70. The number of aromatic nitrogens is 2. The summed E-state index contributed by atoms with van der Waals surface area (Å²) < 4.78 is 12.9. The predicted octanol–water partition coefficient (Wildman–Crippen LogP) is 2.33. The smallest absolute Gasteiger partial charge is 0.191 e. The average Bonchev–Trinajstić information content (AvgIpc) is 3.04. The number of nitrogens with zero attached hydrogens (tertiary/aromatic N) is 3. The van der Waals surface area contributed by atoms with E-state index in [1.807, 2.05) is 49.5 Å². The molecule has 1 heterocycles. The number of methoxy groups -OCH3 is 1. The van der Waals surface area contributed by atoms with Gasteiger partial charge in [0.2, 0.25) is 0 Å². The SMILES string of the molecule is CN=C(NCCOc1ccc(OC)cc1)NCc1nc2ccccc2n1C. The van der Waals surface area contributed by atoms with Crippen molar-refractivity contribution in [2.45, 2.75) is 6.54 Å². The van der Waals surface area contributed by atoms with Gasteiger partial charge in [0.1, 0.15) is 23.9 Å². The van der Waals surface area contributed by atoms with E-state index in [0.717, 1.165) is 28.4 Å². The molecule has 3 rings (SSSR count). The van der Waals surface area contributed by atoms with Crippen molar-refractivity contribution in [1.29, 1.82) is 0 Å². The van der Waals surface area contributed by atoms with Gasteiger partial charge in [0, 0.05) is 14.1 Å². The first-order chi connectivity index (χ1) is 13.2. The van der Waals surface area contributed by atoms with Crippen molar-refractivity contribution in [3.05, 3.63) is 54.4 Å². The summed E-state index contributed by atoms with van der Waals surface area (Å²) in [7, 11) is 5.41. The molecule has 0 saturated carbocycles. The van der Waals surface area contributed by atoms with Crippen molar-refractivity contribution in [3.8, 4) is 11.5 Å². The second-order valence-electron chi connectivity index (χ2n) is 5.95. The van der Waals surface area contributed by atoms with Gasteiger partial charge in [-0.2, -0.15) is 0 Å². The van der Waals surface area contributed by atoms with Gasteiger partial charge in [-0.1, -0.05) is 12.1 Å². The third kappa shape index (κ3) is 4.69. The van der Waals surface area contributed by atoms with E-state index in [-0.39, 0.29) is 0 Å². The molecule has 2 N–H and O–H groups in total. The van der Waals surface area contributed by atoms with Crippen molar-refractivity contribution < 1.29 is 9.47 Å². The third-order valence-electron chi connectivity index (χ3n) is 4.24. The van der Waals surface area contributed by atoms with Crippen LogP contribution >= 0.6 is 0 Å². The second kappa shape index (κ2) is 8.93. The first-order valence-electron chi connectivity index (χ1n) is 8.83. The highest BCUT2D eigenvalue weighted by Crippen LogP contribution is 2.16. The fourth-order valence-corrected chi connectivity index (χ4v) is 2.75. The Kier molecular flexibility index (Phi) is 6.14. The molecular formula is C20H25N5O2. The highest BCUT2D eigenvalue weighted by molar-refractivity contribution is 5.80. The molecule has 0 atom stereocenters. The van der Waals surface area contributed by atoms with Crippen molar-refractivity contribution in [3.63, 3.8) is 0 Å². The Labute approximate surface area is 159 Å². The van der Waals surface area contributed by atoms with Crippen LogP contribution in [0.1, 0.15) is 5.82 Å². The van der Waals surface area contributed by atoms with E-state index in [1.54, 1.807) is 14.2 Å². The molecule has 0 aliphatic carbocycles. The number of imidazole rings is 1. The molecule has 3 aromatic rings. The topological polar surface area (TPSA) is 72.7 Å². The van der Waals surface area contributed by atoms with Gasteiger partial charge in [0.25, 0.3) is 0 Å². The fraction of sp³-hybridized carbons (Fsp3) is 0.300. The fourth-order valence-electron chi connectivity index (χ4n) is 2.75. The second-order valence-corrected chi connectivity index (χ2v) is 5.95. The molecule has 27 heavy (non-hydrogen) atoms. The minimum absolute atomic E-state index is 0.527. The summed E-state index contributed by atoms with van der Waals surface area (Å²) in [6.07, 6.45) is 0. The lowest BCUT2D eigenvalue weighted by atomic mass is 10.3. The van der Waals surface area contributed by atoms with E-state index in [0.29, 0.717) is 25.7 Å². The summed E-state index contributed by atoms with van der Waals surface area (Å²) >= 11 is 0. The van der Waals surface area contributed by atoms with Crippen molar-refractivity contribution >= 4 is 17.0 Å². The first-order valence-corrected chi connectivity index (χ1v) is 8.83. The van der Waals surface area contributed by atoms with Gasteiger partial charge >= 0.3 is 0 Å². The van der Waals surface area contributed by atoms with Crippen LogP contribution in [0.5, 0.6) is 11.5 Å². The Hall–Kier alpha value is -3.22. The van der Waals surface area contributed by atoms with Gasteiger partial charge in [0.05, 0.1) is 31.2 Å². The van der Waals surface area contributed by atoms with Crippen LogP contribution < -0.4 is 20.1 Å². The van der Waals surface area contributed by atoms with Crippen LogP contribution in [0.2, 0.25) is 0 Å². The molecule has 0 saturated heterocycles. The standard InChI is InChI=1S/C20H25N5O2/c1-21-20(22-12-13-27-16-10-8-15(26-3)9-11-16)23-14-19-24-17-6-4-5-7-18(17)25(19)2/h4-11H,12-14H2,1-3H3,(H2,21,22,23). The van der Waals surface area contributed by atoms with Crippen molar-refractivity contribution in [1.82, 2.24) is 20.2 Å². The molecule has 0 aliphatic heterocycles. The number of fused-ring (bicyclic) bond motifs is 1. The highest BCUT2D eigenvalue weighted by Gasteiger charge is 2.07. The molecule has 1 aromatic heterocycles. The maximum Gasteiger partial charge on any atom is 0.191 e. The molecule has 0 unspecified atom stereocenters. The molecule has 2 aromatic carbocycles. The zero-order valence-electron chi connectivity index (χ0n) is 15.9. The molecule has 0 spiro atoms. The number of hydrogen-bond donors (Lipinski definition) is 2. The van der Waals surface area contributed by atoms with E-state index < -0.39 is 0 Å². The number of hydrogen-bond acceptors (Lipinski definition) is 4. The lowest BCUT2D eigenvalue weighted by molar-refractivity contribution is 0.321. The number of guanidine groups is 1. The summed E-state index contributed by atoms with van der Waals surface area (Å²) in [5.74, 6) is 3.28. The quantitative estimate of drug-likeness (QED) is 0.381. The monoisotopic (exact) mass is 367 g/mol. The highest BCUT2D eigenvalue weighted by atomic mass is 16.5. The normalized spacial score (nSPS) is 11.4. The van der Waals surface area contributed by atoms with Crippen LogP contribution in [-0.2, 0) is 13.6 Å². The van der Waals surface area contributed by atoms with Crippen LogP contribution in [0.15, 0.2) is 53.5 Å².